The Labute approximate surface area is 245 Å². The van der Waals surface area contributed by atoms with Crippen LogP contribution in [0.1, 0.15) is 86.4 Å². The van der Waals surface area contributed by atoms with E-state index in [1.807, 2.05) is 26.8 Å². The van der Waals surface area contributed by atoms with Crippen molar-refractivity contribution < 1.29 is 14.3 Å². The van der Waals surface area contributed by atoms with Crippen LogP contribution in [0.15, 0.2) is 59.0 Å². The van der Waals surface area contributed by atoms with E-state index in [-0.39, 0.29) is 5.41 Å². The van der Waals surface area contributed by atoms with Gasteiger partial charge in [0, 0.05) is 37.9 Å². The summed E-state index contributed by atoms with van der Waals surface area (Å²) in [5.41, 5.74) is 4.61. The molecule has 1 aromatic heterocycles. The summed E-state index contributed by atoms with van der Waals surface area (Å²) in [7, 11) is 0. The van der Waals surface area contributed by atoms with Crippen molar-refractivity contribution in [2.45, 2.75) is 78.2 Å². The maximum absolute atomic E-state index is 12.4. The minimum Gasteiger partial charge on any atom is -0.480 e. The van der Waals surface area contributed by atoms with Crippen LogP contribution in [0.4, 0.5) is 0 Å². The molecule has 2 aromatic carbocycles. The summed E-state index contributed by atoms with van der Waals surface area (Å²) in [5, 5.41) is 10.2. The quantitative estimate of drug-likeness (QED) is 0.323. The third kappa shape index (κ3) is 6.92. The van der Waals surface area contributed by atoms with E-state index in [1.165, 1.54) is 16.7 Å². The normalized spacial score (nSPS) is 21.8. The molecule has 5 rings (SSSR count). The maximum Gasteiger partial charge on any atom is 0.321 e. The lowest BCUT2D eigenvalue weighted by Gasteiger charge is -2.35. The van der Waals surface area contributed by atoms with Crippen molar-refractivity contribution in [3.8, 4) is 0 Å². The molecule has 3 atom stereocenters. The van der Waals surface area contributed by atoms with Crippen molar-refractivity contribution in [1.82, 2.24) is 14.8 Å². The first-order valence-electron chi connectivity index (χ1n) is 15.4. The van der Waals surface area contributed by atoms with Crippen molar-refractivity contribution in [1.29, 1.82) is 0 Å². The summed E-state index contributed by atoms with van der Waals surface area (Å²) in [4.78, 5) is 22.1. The number of carbonyl (C=O) groups is 1. The number of rotatable bonds is 9. The molecular weight excluding hydrogens is 510 g/mol. The number of aliphatic carboxylic acids is 1. The van der Waals surface area contributed by atoms with E-state index in [0.717, 1.165) is 75.8 Å². The van der Waals surface area contributed by atoms with Gasteiger partial charge in [-0.3, -0.25) is 9.69 Å². The van der Waals surface area contributed by atoms with E-state index in [2.05, 4.69) is 72.2 Å². The van der Waals surface area contributed by atoms with Gasteiger partial charge < -0.3 is 14.4 Å². The molecule has 3 heterocycles. The number of hydrogen-bond acceptors (Lipinski definition) is 5. The first-order chi connectivity index (χ1) is 19.6. The lowest BCUT2D eigenvalue weighted by molar-refractivity contribution is -0.147. The highest BCUT2D eigenvalue weighted by atomic mass is 16.4. The van der Waals surface area contributed by atoms with Gasteiger partial charge in [-0.05, 0) is 61.7 Å². The highest BCUT2D eigenvalue weighted by molar-refractivity contribution is 5.74. The number of oxazole rings is 1. The SMILES string of the molecule is CCc1nc(Cc2ccccc2)oc1C1CCN(CC2CN(C(C(=O)O)C(C)(C)C)CC2c2cccc(C)c2)CC1. The molecule has 0 aliphatic carbocycles. The molecule has 6 nitrogen and oxygen atoms in total. The predicted molar refractivity (Wildman–Crippen MR) is 163 cm³/mol. The molecule has 2 aliphatic rings. The van der Waals surface area contributed by atoms with Gasteiger partial charge >= 0.3 is 5.97 Å². The fourth-order valence-electron chi connectivity index (χ4n) is 7.20. The van der Waals surface area contributed by atoms with E-state index in [4.69, 9.17) is 9.40 Å². The molecule has 3 unspecified atom stereocenters. The van der Waals surface area contributed by atoms with E-state index in [0.29, 0.717) is 17.8 Å². The molecular formula is C35H47N3O3. The molecule has 41 heavy (non-hydrogen) atoms. The largest absolute Gasteiger partial charge is 0.480 e. The van der Waals surface area contributed by atoms with Crippen LogP contribution in [-0.4, -0.2) is 64.6 Å². The van der Waals surface area contributed by atoms with Crippen LogP contribution < -0.4 is 0 Å². The average molecular weight is 558 g/mol. The number of nitrogens with zero attached hydrogens (tertiary/aromatic N) is 3. The van der Waals surface area contributed by atoms with Gasteiger partial charge in [0.25, 0.3) is 0 Å². The van der Waals surface area contributed by atoms with Crippen LogP contribution in [-0.2, 0) is 17.6 Å². The highest BCUT2D eigenvalue weighted by Crippen LogP contribution is 2.39. The van der Waals surface area contributed by atoms with Gasteiger partial charge in [0.15, 0.2) is 5.89 Å². The number of carboxylic acid groups (broad SMARTS) is 1. The van der Waals surface area contributed by atoms with E-state index in [1.54, 1.807) is 0 Å². The van der Waals surface area contributed by atoms with Gasteiger partial charge in [-0.15, -0.1) is 0 Å². The Balaban J connectivity index is 1.27. The van der Waals surface area contributed by atoms with Crippen LogP contribution >= 0.6 is 0 Å². The lowest BCUT2D eigenvalue weighted by Crippen LogP contribution is -2.48. The molecule has 2 aliphatic heterocycles. The minimum absolute atomic E-state index is 0.330. The molecule has 220 valence electrons. The second-order valence-corrected chi connectivity index (χ2v) is 13.4. The lowest BCUT2D eigenvalue weighted by atomic mass is 9.85. The first-order valence-corrected chi connectivity index (χ1v) is 15.4. The van der Waals surface area contributed by atoms with Gasteiger partial charge in [0.2, 0.25) is 0 Å². The Kier molecular flexibility index (Phi) is 9.00. The van der Waals surface area contributed by atoms with Gasteiger partial charge in [-0.25, -0.2) is 4.98 Å². The zero-order chi connectivity index (χ0) is 29.1. The predicted octanol–water partition coefficient (Wildman–Crippen LogP) is 6.53. The van der Waals surface area contributed by atoms with Gasteiger partial charge in [-0.2, -0.15) is 0 Å². The number of aryl methyl sites for hydroxylation is 2. The van der Waals surface area contributed by atoms with Gasteiger partial charge in [0.05, 0.1) is 5.69 Å². The highest BCUT2D eigenvalue weighted by Gasteiger charge is 2.44. The Morgan fingerprint density at radius 3 is 2.44 bits per heavy atom. The summed E-state index contributed by atoms with van der Waals surface area (Å²) in [5.74, 6) is 2.34. The summed E-state index contributed by atoms with van der Waals surface area (Å²) >= 11 is 0. The molecule has 0 spiro atoms. The fourth-order valence-corrected chi connectivity index (χ4v) is 7.20. The topological polar surface area (TPSA) is 69.8 Å². The van der Waals surface area contributed by atoms with Gasteiger partial charge in [-0.1, -0.05) is 87.9 Å². The second-order valence-electron chi connectivity index (χ2n) is 13.4. The third-order valence-electron chi connectivity index (χ3n) is 9.11. The first kappa shape index (κ1) is 29.5. The monoisotopic (exact) mass is 557 g/mol. The maximum atomic E-state index is 12.4. The number of likely N-dealkylation sites (tertiary alicyclic amines) is 2. The van der Waals surface area contributed by atoms with Crippen molar-refractivity contribution in [2.24, 2.45) is 11.3 Å². The molecule has 6 heteroatoms. The Morgan fingerprint density at radius 1 is 1.07 bits per heavy atom. The number of benzene rings is 2. The van der Waals surface area contributed by atoms with Crippen molar-refractivity contribution >= 4 is 5.97 Å². The van der Waals surface area contributed by atoms with Crippen LogP contribution in [0.5, 0.6) is 0 Å². The molecule has 2 saturated heterocycles. The van der Waals surface area contributed by atoms with E-state index in [9.17, 15) is 9.90 Å². The Hall–Kier alpha value is -2.96. The molecule has 0 bridgehead atoms. The standard InChI is InChI=1S/C35H47N3O3/c1-6-30-32(41-31(36-30)20-25-12-8-7-9-13-25)26-15-17-37(18-16-26)21-28-22-38(33(34(39)40)35(3,4)5)23-29(28)27-14-10-11-24(2)19-27/h7-14,19,26,28-29,33H,6,15-18,20-23H2,1-5H3,(H,39,40). The van der Waals surface area contributed by atoms with Crippen LogP contribution in [0.25, 0.3) is 0 Å². The molecule has 1 N–H and O–H groups in total. The van der Waals surface area contributed by atoms with Gasteiger partial charge in [0.1, 0.15) is 11.8 Å². The molecule has 0 radical (unpaired) electrons. The fraction of sp³-hybridized carbons (Fsp3) is 0.543. The Morgan fingerprint density at radius 2 is 1.80 bits per heavy atom. The van der Waals surface area contributed by atoms with Crippen molar-refractivity contribution in [3.05, 3.63) is 88.6 Å². The zero-order valence-electron chi connectivity index (χ0n) is 25.5. The molecule has 2 fully saturated rings. The molecule has 3 aromatic rings. The second kappa shape index (κ2) is 12.5. The number of hydrogen-bond donors (Lipinski definition) is 1. The summed E-state index contributed by atoms with van der Waals surface area (Å²) in [6, 6.07) is 18.7. The van der Waals surface area contributed by atoms with Crippen molar-refractivity contribution in [2.75, 3.05) is 32.7 Å². The average Bonchev–Trinajstić information content (AvgIpc) is 3.52. The van der Waals surface area contributed by atoms with Crippen molar-refractivity contribution in [3.63, 3.8) is 0 Å². The van der Waals surface area contributed by atoms with Crippen LogP contribution in [0.3, 0.4) is 0 Å². The van der Waals surface area contributed by atoms with E-state index < -0.39 is 12.0 Å². The number of piperidine rings is 1. The third-order valence-corrected chi connectivity index (χ3v) is 9.11. The number of carboxylic acids is 1. The Bertz CT molecular complexity index is 1300. The minimum atomic E-state index is -0.715. The smallest absolute Gasteiger partial charge is 0.321 e. The molecule has 0 amide bonds. The number of aromatic nitrogens is 1. The van der Waals surface area contributed by atoms with Crippen LogP contribution in [0, 0.1) is 18.3 Å². The zero-order valence-corrected chi connectivity index (χ0v) is 25.5. The molecule has 0 saturated carbocycles. The summed E-state index contributed by atoms with van der Waals surface area (Å²) < 4.78 is 6.41. The van der Waals surface area contributed by atoms with Crippen LogP contribution in [0.2, 0.25) is 0 Å². The van der Waals surface area contributed by atoms with E-state index >= 15 is 0 Å². The summed E-state index contributed by atoms with van der Waals surface area (Å²) in [6.07, 6.45) is 3.76. The summed E-state index contributed by atoms with van der Waals surface area (Å²) in [6.45, 7) is 15.1.